The van der Waals surface area contributed by atoms with E-state index in [4.69, 9.17) is 4.74 Å². The molecule has 2 amide bonds. The number of amides is 2. The number of carbonyl (C=O) groups excluding carboxylic acids is 2. The molecule has 1 aliphatic carbocycles. The van der Waals surface area contributed by atoms with E-state index in [2.05, 4.69) is 15.6 Å². The first kappa shape index (κ1) is 25.9. The van der Waals surface area contributed by atoms with E-state index in [9.17, 15) is 23.5 Å². The van der Waals surface area contributed by atoms with Gasteiger partial charge in [-0.2, -0.15) is 0 Å². The van der Waals surface area contributed by atoms with Crippen molar-refractivity contribution in [2.45, 2.75) is 108 Å². The third-order valence-corrected chi connectivity index (χ3v) is 7.15. The molecule has 1 aromatic heterocycles. The number of aliphatic hydroxyl groups excluding tert-OH is 1. The minimum absolute atomic E-state index is 0.0622. The average Bonchev–Trinajstić information content (AvgIpc) is 3.12. The largest absolute Gasteiger partial charge is 0.391 e. The van der Waals surface area contributed by atoms with Gasteiger partial charge in [0.2, 0.25) is 11.8 Å². The molecule has 9 nitrogen and oxygen atoms in total. The molecule has 3 heterocycles. The first-order chi connectivity index (χ1) is 16.3. The zero-order valence-electron chi connectivity index (χ0n) is 20.9. The quantitative estimate of drug-likeness (QED) is 0.571. The fourth-order valence-corrected chi connectivity index (χ4v) is 5.09. The third-order valence-electron chi connectivity index (χ3n) is 7.15. The molecule has 1 aromatic rings. The van der Waals surface area contributed by atoms with Crippen molar-refractivity contribution >= 4 is 11.8 Å². The Morgan fingerprint density at radius 2 is 1.94 bits per heavy atom. The summed E-state index contributed by atoms with van der Waals surface area (Å²) in [5.41, 5.74) is 0.373. The summed E-state index contributed by atoms with van der Waals surface area (Å²) in [6.07, 6.45) is 3.09. The summed E-state index contributed by atoms with van der Waals surface area (Å²) in [4.78, 5) is 28.2. The van der Waals surface area contributed by atoms with Crippen LogP contribution in [0.2, 0.25) is 0 Å². The Kier molecular flexibility index (Phi) is 7.21. The van der Waals surface area contributed by atoms with Gasteiger partial charge in [-0.1, -0.05) is 26.0 Å². The molecule has 0 spiro atoms. The van der Waals surface area contributed by atoms with Crippen molar-refractivity contribution in [3.63, 3.8) is 0 Å². The van der Waals surface area contributed by atoms with Crippen LogP contribution in [0.4, 0.5) is 8.78 Å². The smallest absolute Gasteiger partial charge is 0.271 e. The van der Waals surface area contributed by atoms with E-state index < -0.39 is 35.6 Å². The van der Waals surface area contributed by atoms with Gasteiger partial charge >= 0.3 is 0 Å². The number of aliphatic hydroxyl groups is 1. The van der Waals surface area contributed by atoms with Gasteiger partial charge in [0.15, 0.2) is 0 Å². The molecule has 3 fully saturated rings. The first-order valence-corrected chi connectivity index (χ1v) is 12.6. The number of nitrogens with zero attached hydrogens (tertiary/aromatic N) is 4. The maximum Gasteiger partial charge on any atom is 0.271 e. The Labute approximate surface area is 204 Å². The molecule has 35 heavy (non-hydrogen) atoms. The third kappa shape index (κ3) is 5.99. The molecule has 0 bridgehead atoms. The van der Waals surface area contributed by atoms with Gasteiger partial charge in [-0.05, 0) is 37.5 Å². The van der Waals surface area contributed by atoms with Crippen LogP contribution in [0.25, 0.3) is 0 Å². The number of carbonyl (C=O) groups is 2. The van der Waals surface area contributed by atoms with Gasteiger partial charge in [-0.3, -0.25) is 9.59 Å². The molecule has 0 aromatic carbocycles. The van der Waals surface area contributed by atoms with Crippen LogP contribution in [0, 0.1) is 5.41 Å². The van der Waals surface area contributed by atoms with E-state index in [1.54, 1.807) is 4.68 Å². The maximum atomic E-state index is 13.7. The van der Waals surface area contributed by atoms with Gasteiger partial charge in [0.25, 0.3) is 5.92 Å². The van der Waals surface area contributed by atoms with Gasteiger partial charge in [0, 0.05) is 38.5 Å². The van der Waals surface area contributed by atoms with Gasteiger partial charge in [-0.15, -0.1) is 5.10 Å². The highest BCUT2D eigenvalue weighted by Gasteiger charge is 2.46. The van der Waals surface area contributed by atoms with E-state index in [-0.39, 0.29) is 43.8 Å². The number of halogens is 2. The average molecular weight is 498 g/mol. The number of hydrogen-bond acceptors (Lipinski definition) is 6. The molecule has 5 atom stereocenters. The van der Waals surface area contributed by atoms with Crippen LogP contribution in [0.1, 0.15) is 83.9 Å². The summed E-state index contributed by atoms with van der Waals surface area (Å²) in [5, 5.41) is 21.6. The number of aromatic nitrogens is 3. The molecule has 2 saturated heterocycles. The molecule has 11 heteroatoms. The van der Waals surface area contributed by atoms with Crippen LogP contribution in [-0.4, -0.2) is 80.2 Å². The second kappa shape index (κ2) is 9.72. The van der Waals surface area contributed by atoms with Gasteiger partial charge in [-0.25, -0.2) is 13.5 Å². The van der Waals surface area contributed by atoms with Crippen molar-refractivity contribution in [3.05, 3.63) is 11.9 Å². The van der Waals surface area contributed by atoms with Crippen molar-refractivity contribution in [1.29, 1.82) is 0 Å². The highest BCUT2D eigenvalue weighted by molar-refractivity contribution is 5.90. The fourth-order valence-electron chi connectivity index (χ4n) is 5.09. The molecular weight excluding hydrogens is 460 g/mol. The normalized spacial score (nSPS) is 28.4. The van der Waals surface area contributed by atoms with Crippen molar-refractivity contribution in [3.8, 4) is 0 Å². The predicted molar refractivity (Wildman–Crippen MR) is 123 cm³/mol. The molecule has 196 valence electrons. The SMILES string of the molecule is CC(C)(C)C(C(=O)N1CC(O)CC1C(=O)NCCC1CCC(C(C)(F)F)O1)n1cc(C2CC2)nn1. The van der Waals surface area contributed by atoms with E-state index in [0.717, 1.165) is 25.5 Å². The summed E-state index contributed by atoms with van der Waals surface area (Å²) >= 11 is 0. The summed E-state index contributed by atoms with van der Waals surface area (Å²) in [5.74, 6) is -3.13. The summed E-state index contributed by atoms with van der Waals surface area (Å²) < 4.78 is 33.9. The lowest BCUT2D eigenvalue weighted by Gasteiger charge is -2.34. The zero-order chi connectivity index (χ0) is 25.5. The van der Waals surface area contributed by atoms with Gasteiger partial charge < -0.3 is 20.1 Å². The molecule has 4 rings (SSSR count). The van der Waals surface area contributed by atoms with Gasteiger partial charge in [0.1, 0.15) is 18.2 Å². The highest BCUT2D eigenvalue weighted by Crippen LogP contribution is 2.40. The van der Waals surface area contributed by atoms with Crippen LogP contribution < -0.4 is 5.32 Å². The molecule has 2 N–H and O–H groups in total. The number of alkyl halides is 2. The number of hydrogen-bond donors (Lipinski definition) is 2. The van der Waals surface area contributed by atoms with Crippen molar-refractivity contribution in [2.24, 2.45) is 5.41 Å². The van der Waals surface area contributed by atoms with E-state index in [0.29, 0.717) is 18.8 Å². The lowest BCUT2D eigenvalue weighted by molar-refractivity contribution is -0.144. The number of ether oxygens (including phenoxy) is 1. The van der Waals surface area contributed by atoms with Crippen molar-refractivity contribution < 1.29 is 28.2 Å². The topological polar surface area (TPSA) is 110 Å². The van der Waals surface area contributed by atoms with Crippen LogP contribution in [0.3, 0.4) is 0 Å². The lowest BCUT2D eigenvalue weighted by Crippen LogP contribution is -2.50. The monoisotopic (exact) mass is 497 g/mol. The number of likely N-dealkylation sites (tertiary alicyclic amines) is 1. The Morgan fingerprint density at radius 1 is 1.23 bits per heavy atom. The summed E-state index contributed by atoms with van der Waals surface area (Å²) in [6, 6.07) is -1.49. The molecule has 1 saturated carbocycles. The fraction of sp³-hybridized carbons (Fsp3) is 0.833. The van der Waals surface area contributed by atoms with Crippen LogP contribution in [0.15, 0.2) is 6.20 Å². The van der Waals surface area contributed by atoms with E-state index in [1.807, 2.05) is 27.0 Å². The van der Waals surface area contributed by atoms with Gasteiger partial charge in [0.05, 0.1) is 17.9 Å². The van der Waals surface area contributed by atoms with E-state index in [1.165, 1.54) is 4.90 Å². The first-order valence-electron chi connectivity index (χ1n) is 12.6. The number of rotatable bonds is 8. The minimum atomic E-state index is -2.88. The second-order valence-electron chi connectivity index (χ2n) is 11.4. The Hall–Kier alpha value is -2.14. The predicted octanol–water partition coefficient (Wildman–Crippen LogP) is 2.41. The zero-order valence-corrected chi connectivity index (χ0v) is 20.9. The number of nitrogens with one attached hydrogen (secondary N) is 1. The lowest BCUT2D eigenvalue weighted by atomic mass is 9.85. The van der Waals surface area contributed by atoms with Crippen LogP contribution >= 0.6 is 0 Å². The molecule has 0 radical (unpaired) electrons. The summed E-state index contributed by atoms with van der Waals surface area (Å²) in [7, 11) is 0. The number of β-amino-alcohol motifs (C(OH)–C–C–N with tert-alkyl or cyclic N) is 1. The van der Waals surface area contributed by atoms with Crippen LogP contribution in [-0.2, 0) is 14.3 Å². The second-order valence-corrected chi connectivity index (χ2v) is 11.4. The maximum absolute atomic E-state index is 13.7. The van der Waals surface area contributed by atoms with Crippen LogP contribution in [0.5, 0.6) is 0 Å². The Morgan fingerprint density at radius 3 is 2.54 bits per heavy atom. The Balaban J connectivity index is 1.38. The standard InChI is InChI=1S/C24H37F2N5O4/c1-23(2,3)20(31-13-17(28-29-31)14-5-6-14)22(34)30-12-15(32)11-18(30)21(33)27-10-9-16-7-8-19(35-16)24(4,25)26/h13-16,18-20,32H,5-12H2,1-4H3,(H,27,33). The molecular formula is C24H37F2N5O4. The van der Waals surface area contributed by atoms with Crippen molar-refractivity contribution in [2.75, 3.05) is 13.1 Å². The summed E-state index contributed by atoms with van der Waals surface area (Å²) in [6.45, 7) is 6.97. The minimum Gasteiger partial charge on any atom is -0.391 e. The highest BCUT2D eigenvalue weighted by atomic mass is 19.3. The molecule has 2 aliphatic heterocycles. The van der Waals surface area contributed by atoms with E-state index >= 15 is 0 Å². The Bertz CT molecular complexity index is 924. The molecule has 5 unspecified atom stereocenters. The van der Waals surface area contributed by atoms with Crippen molar-refractivity contribution in [1.82, 2.24) is 25.2 Å². The molecule has 3 aliphatic rings.